The molecule has 2 fully saturated rings. The number of hydrogen-bond acceptors (Lipinski definition) is 3. The first-order valence-corrected chi connectivity index (χ1v) is 11.7. The van der Waals surface area contributed by atoms with Gasteiger partial charge in [0.1, 0.15) is 5.75 Å². The van der Waals surface area contributed by atoms with Crippen molar-refractivity contribution in [3.8, 4) is 5.75 Å². The molecular weight excluding hydrogens is 527 g/mol. The van der Waals surface area contributed by atoms with Gasteiger partial charge in [-0.15, -0.1) is 24.0 Å². The SMILES string of the molecule is CN=C(NCc1ccccc1OCC1CC1)NCC1CC(=O)N(CCc2ccccc2)C1.I. The second-order valence-electron chi connectivity index (χ2n) is 8.81. The Morgan fingerprint density at radius 3 is 2.58 bits per heavy atom. The van der Waals surface area contributed by atoms with E-state index in [9.17, 15) is 4.79 Å². The topological polar surface area (TPSA) is 66.0 Å². The minimum absolute atomic E-state index is 0. The third-order valence-electron chi connectivity index (χ3n) is 6.18. The quantitative estimate of drug-likeness (QED) is 0.263. The maximum Gasteiger partial charge on any atom is 0.223 e. The Labute approximate surface area is 214 Å². The molecule has 2 N–H and O–H groups in total. The molecule has 2 aromatic carbocycles. The van der Waals surface area contributed by atoms with Crippen LogP contribution in [0.4, 0.5) is 0 Å². The monoisotopic (exact) mass is 562 g/mol. The lowest BCUT2D eigenvalue weighted by Crippen LogP contribution is -2.40. The highest BCUT2D eigenvalue weighted by molar-refractivity contribution is 14.0. The number of nitrogens with zero attached hydrogens (tertiary/aromatic N) is 2. The van der Waals surface area contributed by atoms with Gasteiger partial charge in [-0.2, -0.15) is 0 Å². The summed E-state index contributed by atoms with van der Waals surface area (Å²) in [5.41, 5.74) is 2.40. The fraction of sp³-hybridized carbons (Fsp3) is 0.462. The lowest BCUT2D eigenvalue weighted by Gasteiger charge is -2.18. The summed E-state index contributed by atoms with van der Waals surface area (Å²) < 4.78 is 6.00. The highest BCUT2D eigenvalue weighted by atomic mass is 127. The van der Waals surface area contributed by atoms with Crippen LogP contribution in [0.15, 0.2) is 59.6 Å². The van der Waals surface area contributed by atoms with Crippen LogP contribution < -0.4 is 15.4 Å². The first-order chi connectivity index (χ1) is 15.7. The second-order valence-corrected chi connectivity index (χ2v) is 8.81. The molecule has 1 atom stereocenters. The largest absolute Gasteiger partial charge is 0.493 e. The summed E-state index contributed by atoms with van der Waals surface area (Å²) in [5, 5.41) is 6.78. The molecule has 1 heterocycles. The maximum absolute atomic E-state index is 12.4. The van der Waals surface area contributed by atoms with Gasteiger partial charge in [0, 0.05) is 51.1 Å². The zero-order valence-corrected chi connectivity index (χ0v) is 21.7. The summed E-state index contributed by atoms with van der Waals surface area (Å²) in [7, 11) is 1.77. The van der Waals surface area contributed by atoms with Crippen molar-refractivity contribution in [3.05, 3.63) is 65.7 Å². The van der Waals surface area contributed by atoms with E-state index >= 15 is 0 Å². The number of aliphatic imine (C=N–C) groups is 1. The van der Waals surface area contributed by atoms with Gasteiger partial charge in [-0.25, -0.2) is 0 Å². The van der Waals surface area contributed by atoms with Crippen LogP contribution in [0.1, 0.15) is 30.4 Å². The molecule has 178 valence electrons. The number of halogens is 1. The first kappa shape index (κ1) is 25.3. The molecule has 1 saturated carbocycles. The minimum Gasteiger partial charge on any atom is -0.493 e. The van der Waals surface area contributed by atoms with E-state index in [1.165, 1.54) is 18.4 Å². The smallest absolute Gasteiger partial charge is 0.223 e. The van der Waals surface area contributed by atoms with Crippen molar-refractivity contribution in [2.24, 2.45) is 16.8 Å². The molecule has 0 spiro atoms. The van der Waals surface area contributed by atoms with Crippen molar-refractivity contribution >= 4 is 35.8 Å². The standard InChI is InChI=1S/C26H34N4O2.HI/c1-27-26(29-17-23-9-5-6-10-24(23)32-19-21-11-12-21)28-16-22-15-25(31)30(18-22)14-13-20-7-3-2-4-8-20;/h2-10,21-22H,11-19H2,1H3,(H2,27,28,29);1H. The third-order valence-corrected chi connectivity index (χ3v) is 6.18. The van der Waals surface area contributed by atoms with Crippen LogP contribution in [0.5, 0.6) is 5.75 Å². The van der Waals surface area contributed by atoms with E-state index in [-0.39, 0.29) is 29.9 Å². The number of nitrogens with one attached hydrogen (secondary N) is 2. The number of hydrogen-bond donors (Lipinski definition) is 2. The molecule has 0 aromatic heterocycles. The van der Waals surface area contributed by atoms with Crippen molar-refractivity contribution in [1.82, 2.24) is 15.5 Å². The van der Waals surface area contributed by atoms with Crippen molar-refractivity contribution in [1.29, 1.82) is 0 Å². The van der Waals surface area contributed by atoms with Crippen molar-refractivity contribution < 1.29 is 9.53 Å². The molecule has 6 nitrogen and oxygen atoms in total. The molecule has 0 radical (unpaired) electrons. The molecule has 4 rings (SSSR count). The second kappa shape index (κ2) is 12.8. The Morgan fingerprint density at radius 2 is 1.82 bits per heavy atom. The summed E-state index contributed by atoms with van der Waals surface area (Å²) in [5.74, 6) is 2.96. The number of carbonyl (C=O) groups is 1. The van der Waals surface area contributed by atoms with Crippen LogP contribution in [0.3, 0.4) is 0 Å². The Bertz CT molecular complexity index is 918. The van der Waals surface area contributed by atoms with E-state index in [2.05, 4.69) is 33.8 Å². The van der Waals surface area contributed by atoms with E-state index < -0.39 is 0 Å². The Kier molecular flexibility index (Phi) is 9.84. The van der Waals surface area contributed by atoms with Crippen LogP contribution in [-0.2, 0) is 17.8 Å². The van der Waals surface area contributed by atoms with E-state index in [1.807, 2.05) is 41.3 Å². The predicted molar refractivity (Wildman–Crippen MR) is 143 cm³/mol. The molecule has 2 aliphatic rings. The molecule has 1 aliphatic heterocycles. The van der Waals surface area contributed by atoms with E-state index in [0.717, 1.165) is 55.9 Å². The Morgan fingerprint density at radius 1 is 1.06 bits per heavy atom. The summed E-state index contributed by atoms with van der Waals surface area (Å²) in [6.07, 6.45) is 4.06. The predicted octanol–water partition coefficient (Wildman–Crippen LogP) is 3.85. The average molecular weight is 562 g/mol. The Hall–Kier alpha value is -2.29. The summed E-state index contributed by atoms with van der Waals surface area (Å²) in [6.45, 7) is 3.76. The number of rotatable bonds is 10. The fourth-order valence-electron chi connectivity index (χ4n) is 4.04. The summed E-state index contributed by atoms with van der Waals surface area (Å²) >= 11 is 0. The van der Waals surface area contributed by atoms with Gasteiger partial charge in [0.15, 0.2) is 5.96 Å². The zero-order valence-electron chi connectivity index (χ0n) is 19.3. The average Bonchev–Trinajstić information content (AvgIpc) is 3.59. The maximum atomic E-state index is 12.4. The molecule has 1 unspecified atom stereocenters. The van der Waals surface area contributed by atoms with Crippen LogP contribution in [0.2, 0.25) is 0 Å². The normalized spacial score (nSPS) is 18.1. The van der Waals surface area contributed by atoms with Gasteiger partial charge < -0.3 is 20.3 Å². The molecule has 33 heavy (non-hydrogen) atoms. The van der Waals surface area contributed by atoms with Crippen LogP contribution in [-0.4, -0.2) is 50.1 Å². The first-order valence-electron chi connectivity index (χ1n) is 11.7. The van der Waals surface area contributed by atoms with E-state index in [0.29, 0.717) is 18.9 Å². The third kappa shape index (κ3) is 7.91. The summed E-state index contributed by atoms with van der Waals surface area (Å²) in [6, 6.07) is 18.5. The highest BCUT2D eigenvalue weighted by Gasteiger charge is 2.29. The van der Waals surface area contributed by atoms with Crippen LogP contribution in [0.25, 0.3) is 0 Å². The fourth-order valence-corrected chi connectivity index (χ4v) is 4.04. The number of carbonyl (C=O) groups excluding carboxylic acids is 1. The molecule has 1 amide bonds. The highest BCUT2D eigenvalue weighted by Crippen LogP contribution is 2.30. The Balaban J connectivity index is 0.00000306. The number of amides is 1. The molecular formula is C26H35IN4O2. The van der Waals surface area contributed by atoms with Gasteiger partial charge in [-0.05, 0) is 36.8 Å². The van der Waals surface area contributed by atoms with Crippen molar-refractivity contribution in [2.75, 3.05) is 33.3 Å². The lowest BCUT2D eigenvalue weighted by molar-refractivity contribution is -0.127. The number of ether oxygens (including phenoxy) is 1. The molecule has 2 aromatic rings. The summed E-state index contributed by atoms with van der Waals surface area (Å²) in [4.78, 5) is 18.8. The van der Waals surface area contributed by atoms with Crippen LogP contribution >= 0.6 is 24.0 Å². The van der Waals surface area contributed by atoms with Crippen molar-refractivity contribution in [2.45, 2.75) is 32.2 Å². The van der Waals surface area contributed by atoms with Gasteiger partial charge in [0.2, 0.25) is 5.91 Å². The van der Waals surface area contributed by atoms with Gasteiger partial charge in [-0.1, -0.05) is 48.5 Å². The number of guanidine groups is 1. The molecule has 0 bridgehead atoms. The number of likely N-dealkylation sites (tertiary alicyclic amines) is 1. The molecule has 1 saturated heterocycles. The van der Waals surface area contributed by atoms with Gasteiger partial charge in [0.25, 0.3) is 0 Å². The molecule has 1 aliphatic carbocycles. The van der Waals surface area contributed by atoms with Gasteiger partial charge in [0.05, 0.1) is 6.61 Å². The minimum atomic E-state index is 0. The van der Waals surface area contributed by atoms with E-state index in [4.69, 9.17) is 4.74 Å². The van der Waals surface area contributed by atoms with Crippen LogP contribution in [0, 0.1) is 11.8 Å². The number of benzene rings is 2. The van der Waals surface area contributed by atoms with Gasteiger partial charge in [-0.3, -0.25) is 9.79 Å². The number of para-hydroxylation sites is 1. The van der Waals surface area contributed by atoms with Crippen molar-refractivity contribution in [3.63, 3.8) is 0 Å². The molecule has 7 heteroatoms. The van der Waals surface area contributed by atoms with E-state index in [1.54, 1.807) is 7.05 Å². The van der Waals surface area contributed by atoms with Gasteiger partial charge >= 0.3 is 0 Å². The lowest BCUT2D eigenvalue weighted by atomic mass is 10.1. The zero-order chi connectivity index (χ0) is 22.2.